The Morgan fingerprint density at radius 1 is 1.00 bits per heavy atom. The fraction of sp³-hybridized carbons (Fsp3) is 0.133. The van der Waals surface area contributed by atoms with Gasteiger partial charge >= 0.3 is 0 Å². The highest BCUT2D eigenvalue weighted by Gasteiger charge is 2.15. The Labute approximate surface area is 138 Å². The van der Waals surface area contributed by atoms with Gasteiger partial charge in [0.05, 0.1) is 17.2 Å². The van der Waals surface area contributed by atoms with Crippen LogP contribution in [0.5, 0.6) is 0 Å². The highest BCUT2D eigenvalue weighted by Crippen LogP contribution is 2.16. The number of aryl methyl sites for hydroxylation is 1. The molecule has 0 aliphatic carbocycles. The molecular weight excluding hydrogens is 336 g/mol. The van der Waals surface area contributed by atoms with E-state index in [-0.39, 0.29) is 17.2 Å². The molecule has 0 saturated heterocycles. The van der Waals surface area contributed by atoms with Crippen molar-refractivity contribution in [3.63, 3.8) is 0 Å². The maximum atomic E-state index is 12.3. The zero-order valence-corrected chi connectivity index (χ0v) is 13.6. The van der Waals surface area contributed by atoms with Crippen LogP contribution in [-0.2, 0) is 16.4 Å². The van der Waals surface area contributed by atoms with Crippen molar-refractivity contribution in [3.8, 4) is 11.4 Å². The van der Waals surface area contributed by atoms with E-state index in [1.165, 1.54) is 16.9 Å². The van der Waals surface area contributed by atoms with Crippen LogP contribution in [0, 0.1) is 0 Å². The lowest BCUT2D eigenvalue weighted by molar-refractivity contribution is 0.538. The Balaban J connectivity index is 1.71. The number of hydrogen-bond donors (Lipinski definition) is 0. The Bertz CT molecular complexity index is 893. The summed E-state index contributed by atoms with van der Waals surface area (Å²) in [6.07, 6.45) is 0. The molecule has 0 fully saturated rings. The molecule has 1 heterocycles. The first-order chi connectivity index (χ1) is 11.0. The third-order valence-electron chi connectivity index (χ3n) is 3.22. The van der Waals surface area contributed by atoms with Crippen LogP contribution in [-0.4, -0.2) is 34.4 Å². The lowest BCUT2D eigenvalue weighted by Gasteiger charge is -2.03. The van der Waals surface area contributed by atoms with Gasteiger partial charge in [0.1, 0.15) is 0 Å². The van der Waals surface area contributed by atoms with Crippen molar-refractivity contribution >= 4 is 21.4 Å². The molecule has 0 saturated carbocycles. The molecule has 0 amide bonds. The molecule has 3 aromatic rings. The van der Waals surface area contributed by atoms with Crippen LogP contribution >= 0.6 is 11.6 Å². The molecule has 0 aliphatic rings. The average Bonchev–Trinajstić information content (AvgIpc) is 3.03. The van der Waals surface area contributed by atoms with Gasteiger partial charge in [-0.3, -0.25) is 0 Å². The van der Waals surface area contributed by atoms with Crippen LogP contribution in [0.15, 0.2) is 59.5 Å². The quantitative estimate of drug-likeness (QED) is 0.707. The average molecular weight is 349 g/mol. The number of hydrogen-bond acceptors (Lipinski definition) is 5. The van der Waals surface area contributed by atoms with Crippen LogP contribution in [0.2, 0.25) is 5.02 Å². The minimum Gasteiger partial charge on any atom is -0.224 e. The van der Waals surface area contributed by atoms with Crippen LogP contribution in [0.4, 0.5) is 0 Å². The van der Waals surface area contributed by atoms with Crippen molar-refractivity contribution in [1.29, 1.82) is 0 Å². The van der Waals surface area contributed by atoms with E-state index in [1.54, 1.807) is 12.1 Å². The highest BCUT2D eigenvalue weighted by atomic mass is 35.5. The second-order valence-electron chi connectivity index (χ2n) is 4.85. The molecule has 8 heteroatoms. The van der Waals surface area contributed by atoms with Gasteiger partial charge in [-0.15, -0.1) is 10.2 Å². The minimum atomic E-state index is -3.42. The normalized spacial score (nSPS) is 11.5. The standard InChI is InChI=1S/C15H13ClN4O2S/c16-13-6-8-14(9-7-13)23(21,22)11-10-20-18-15(17-19-20)12-4-2-1-3-5-12/h1-9H,10-11H2. The van der Waals surface area contributed by atoms with E-state index in [9.17, 15) is 8.42 Å². The fourth-order valence-corrected chi connectivity index (χ4v) is 3.32. The summed E-state index contributed by atoms with van der Waals surface area (Å²) in [6, 6.07) is 15.5. The van der Waals surface area contributed by atoms with Crippen LogP contribution in [0.3, 0.4) is 0 Å². The van der Waals surface area contributed by atoms with Crippen molar-refractivity contribution in [2.45, 2.75) is 11.4 Å². The van der Waals surface area contributed by atoms with Gasteiger partial charge in [0.2, 0.25) is 5.82 Å². The molecule has 23 heavy (non-hydrogen) atoms. The van der Waals surface area contributed by atoms with E-state index in [0.29, 0.717) is 10.8 Å². The molecule has 2 aromatic carbocycles. The first-order valence-corrected chi connectivity index (χ1v) is 8.89. The molecule has 0 bridgehead atoms. The molecule has 6 nitrogen and oxygen atoms in total. The molecule has 0 aliphatic heterocycles. The Morgan fingerprint density at radius 3 is 2.39 bits per heavy atom. The summed E-state index contributed by atoms with van der Waals surface area (Å²) in [5, 5.41) is 12.5. The molecule has 0 spiro atoms. The number of tetrazole rings is 1. The zero-order valence-electron chi connectivity index (χ0n) is 12.0. The summed E-state index contributed by atoms with van der Waals surface area (Å²) in [5.41, 5.74) is 0.833. The van der Waals surface area contributed by atoms with E-state index in [2.05, 4.69) is 15.4 Å². The van der Waals surface area contributed by atoms with Gasteiger partial charge in [0.25, 0.3) is 0 Å². The summed E-state index contributed by atoms with van der Waals surface area (Å²) < 4.78 is 24.5. The van der Waals surface area contributed by atoms with Crippen LogP contribution in [0.1, 0.15) is 0 Å². The lowest BCUT2D eigenvalue weighted by Crippen LogP contribution is -2.15. The molecule has 118 valence electrons. The molecule has 0 N–H and O–H groups in total. The molecule has 1 aromatic heterocycles. The van der Waals surface area contributed by atoms with Gasteiger partial charge in [-0.25, -0.2) is 8.42 Å². The largest absolute Gasteiger partial charge is 0.224 e. The van der Waals surface area contributed by atoms with Crippen molar-refractivity contribution in [1.82, 2.24) is 20.2 Å². The Kier molecular flexibility index (Phi) is 4.40. The van der Waals surface area contributed by atoms with Crippen LogP contribution in [0.25, 0.3) is 11.4 Å². The van der Waals surface area contributed by atoms with Gasteiger partial charge in [0.15, 0.2) is 9.84 Å². The first-order valence-electron chi connectivity index (χ1n) is 6.86. The Morgan fingerprint density at radius 2 is 1.70 bits per heavy atom. The number of aromatic nitrogens is 4. The molecule has 0 radical (unpaired) electrons. The van der Waals surface area contributed by atoms with Gasteiger partial charge in [-0.2, -0.15) is 4.80 Å². The topological polar surface area (TPSA) is 77.7 Å². The van der Waals surface area contributed by atoms with Crippen molar-refractivity contribution in [3.05, 3.63) is 59.6 Å². The third kappa shape index (κ3) is 3.75. The molecule has 3 rings (SSSR count). The predicted octanol–water partition coefficient (Wildman–Crippen LogP) is 2.47. The van der Waals surface area contributed by atoms with E-state index in [1.807, 2.05) is 30.3 Å². The maximum Gasteiger partial charge on any atom is 0.204 e. The second-order valence-corrected chi connectivity index (χ2v) is 7.39. The summed E-state index contributed by atoms with van der Waals surface area (Å²) in [7, 11) is -3.42. The molecule has 0 unspecified atom stereocenters. The molecule has 0 atom stereocenters. The number of benzene rings is 2. The Hall–Kier alpha value is -2.25. The SMILES string of the molecule is O=S(=O)(CCn1nnc(-c2ccccc2)n1)c1ccc(Cl)cc1. The summed E-state index contributed by atoms with van der Waals surface area (Å²) >= 11 is 5.77. The number of halogens is 1. The first kappa shape index (κ1) is 15.6. The molecular formula is C15H13ClN4O2S. The van der Waals surface area contributed by atoms with Crippen molar-refractivity contribution in [2.75, 3.05) is 5.75 Å². The lowest BCUT2D eigenvalue weighted by atomic mass is 10.2. The van der Waals surface area contributed by atoms with Gasteiger partial charge in [-0.05, 0) is 29.5 Å². The minimum absolute atomic E-state index is 0.112. The van der Waals surface area contributed by atoms with E-state index in [0.717, 1.165) is 5.56 Å². The third-order valence-corrected chi connectivity index (χ3v) is 5.18. The predicted molar refractivity (Wildman–Crippen MR) is 86.8 cm³/mol. The number of sulfone groups is 1. The number of rotatable bonds is 5. The summed E-state index contributed by atoms with van der Waals surface area (Å²) in [5.74, 6) is 0.355. The highest BCUT2D eigenvalue weighted by molar-refractivity contribution is 7.91. The van der Waals surface area contributed by atoms with E-state index < -0.39 is 9.84 Å². The monoisotopic (exact) mass is 348 g/mol. The fourth-order valence-electron chi connectivity index (χ4n) is 2.00. The van der Waals surface area contributed by atoms with Crippen LogP contribution < -0.4 is 0 Å². The van der Waals surface area contributed by atoms with Crippen molar-refractivity contribution in [2.24, 2.45) is 0 Å². The number of nitrogens with zero attached hydrogens (tertiary/aromatic N) is 4. The van der Waals surface area contributed by atoms with Gasteiger partial charge in [0, 0.05) is 10.6 Å². The zero-order chi connectivity index (χ0) is 16.3. The van der Waals surface area contributed by atoms with Crippen molar-refractivity contribution < 1.29 is 8.42 Å². The summed E-state index contributed by atoms with van der Waals surface area (Å²) in [4.78, 5) is 1.51. The smallest absolute Gasteiger partial charge is 0.204 e. The maximum absolute atomic E-state index is 12.3. The van der Waals surface area contributed by atoms with E-state index in [4.69, 9.17) is 11.6 Å². The van der Waals surface area contributed by atoms with Gasteiger partial charge in [-0.1, -0.05) is 41.9 Å². The second kappa shape index (κ2) is 6.47. The van der Waals surface area contributed by atoms with E-state index >= 15 is 0 Å². The summed E-state index contributed by atoms with van der Waals surface area (Å²) in [6.45, 7) is 0.130. The van der Waals surface area contributed by atoms with Gasteiger partial charge < -0.3 is 0 Å².